The Morgan fingerprint density at radius 2 is 1.94 bits per heavy atom. The number of hydrogen-bond acceptors (Lipinski definition) is 4. The summed E-state index contributed by atoms with van der Waals surface area (Å²) in [5.41, 5.74) is 0.900. The summed E-state index contributed by atoms with van der Waals surface area (Å²) in [6.45, 7) is 6.74. The van der Waals surface area contributed by atoms with E-state index in [9.17, 15) is 9.18 Å². The van der Waals surface area contributed by atoms with Crippen LogP contribution in [0.1, 0.15) is 71.6 Å². The van der Waals surface area contributed by atoms with E-state index in [2.05, 4.69) is 9.88 Å². The maximum Gasteiger partial charge on any atom is 0.219 e. The van der Waals surface area contributed by atoms with Crippen LogP contribution in [-0.4, -0.2) is 42.0 Å². The summed E-state index contributed by atoms with van der Waals surface area (Å²) in [4.78, 5) is 20.0. The molecule has 1 aliphatic heterocycles. The van der Waals surface area contributed by atoms with Gasteiger partial charge in [-0.3, -0.25) is 4.79 Å². The Hall–Kier alpha value is -2.63. The van der Waals surface area contributed by atoms with Gasteiger partial charge in [0.1, 0.15) is 0 Å². The molecule has 2 fully saturated rings. The Bertz CT molecular complexity index is 858. The van der Waals surface area contributed by atoms with Crippen LogP contribution >= 0.6 is 0 Å². The van der Waals surface area contributed by atoms with Crippen molar-refractivity contribution in [3.05, 3.63) is 48.4 Å². The average Bonchev–Trinajstić information content (AvgIpc) is 2.90. The number of ether oxygens (including phenoxy) is 1. The van der Waals surface area contributed by atoms with Gasteiger partial charge in [-0.25, -0.2) is 9.37 Å². The van der Waals surface area contributed by atoms with E-state index >= 15 is 0 Å². The molecule has 1 saturated carbocycles. The van der Waals surface area contributed by atoms with Gasteiger partial charge < -0.3 is 14.5 Å². The van der Waals surface area contributed by atoms with Crippen molar-refractivity contribution in [3.63, 3.8) is 0 Å². The van der Waals surface area contributed by atoms with Gasteiger partial charge in [-0.15, -0.1) is 0 Å². The minimum Gasteiger partial charge on any atom is -0.436 e. The van der Waals surface area contributed by atoms with Gasteiger partial charge in [0.2, 0.25) is 12.3 Å². The third-order valence-corrected chi connectivity index (χ3v) is 6.86. The van der Waals surface area contributed by atoms with Crippen LogP contribution in [0.15, 0.2) is 42.6 Å². The largest absolute Gasteiger partial charge is 0.436 e. The van der Waals surface area contributed by atoms with Gasteiger partial charge in [0.05, 0.1) is 0 Å². The van der Waals surface area contributed by atoms with Crippen LogP contribution in [0.4, 0.5) is 10.1 Å². The van der Waals surface area contributed by atoms with Gasteiger partial charge >= 0.3 is 0 Å². The van der Waals surface area contributed by atoms with Crippen LogP contribution in [0.25, 0.3) is 0 Å². The van der Waals surface area contributed by atoms with Crippen molar-refractivity contribution in [2.75, 3.05) is 24.5 Å². The monoisotopic (exact) mass is 469 g/mol. The molecule has 0 radical (unpaired) electrons. The van der Waals surface area contributed by atoms with Crippen molar-refractivity contribution < 1.29 is 13.9 Å². The number of benzene rings is 1. The standard InChI is InChI=1S/C26H34FN3O2.C2H6/c27-24-18-23(13-14-25(24)32-26-12-4-5-15-28-26)29-16-6-8-21(19-29)9-7-17-30(20-31)22-10-2-1-3-11-22;1-2/h4-5,12-15,18,20-22H,1-3,6-11,16-17,19H2;1-2H3. The molecule has 0 N–H and O–H groups in total. The van der Waals surface area contributed by atoms with E-state index in [1.807, 2.05) is 30.9 Å². The molecule has 5 nitrogen and oxygen atoms in total. The number of amides is 1. The highest BCUT2D eigenvalue weighted by atomic mass is 19.1. The molecule has 4 rings (SSSR count). The minimum atomic E-state index is -0.371. The van der Waals surface area contributed by atoms with Crippen LogP contribution in [0.2, 0.25) is 0 Å². The van der Waals surface area contributed by atoms with Crippen LogP contribution in [0.5, 0.6) is 11.6 Å². The molecule has 1 atom stereocenters. The van der Waals surface area contributed by atoms with Crippen LogP contribution in [0.3, 0.4) is 0 Å². The first-order chi connectivity index (χ1) is 16.7. The number of aromatic nitrogens is 1. The lowest BCUT2D eigenvalue weighted by atomic mass is 9.92. The number of rotatable bonds is 9. The Morgan fingerprint density at radius 3 is 2.65 bits per heavy atom. The lowest BCUT2D eigenvalue weighted by Gasteiger charge is -2.35. The summed E-state index contributed by atoms with van der Waals surface area (Å²) < 4.78 is 20.2. The van der Waals surface area contributed by atoms with Crippen molar-refractivity contribution in [2.45, 2.75) is 77.7 Å². The second-order valence-electron chi connectivity index (χ2n) is 9.12. The first-order valence-electron chi connectivity index (χ1n) is 13.1. The predicted molar refractivity (Wildman–Crippen MR) is 136 cm³/mol. The molecule has 0 spiro atoms. The van der Waals surface area contributed by atoms with Gasteiger partial charge in [0.25, 0.3) is 0 Å². The lowest BCUT2D eigenvalue weighted by molar-refractivity contribution is -0.120. The minimum absolute atomic E-state index is 0.192. The first kappa shape index (κ1) is 26.0. The van der Waals surface area contributed by atoms with Crippen molar-refractivity contribution in [1.82, 2.24) is 9.88 Å². The zero-order chi connectivity index (χ0) is 24.2. The molecule has 2 aromatic rings. The van der Waals surface area contributed by atoms with Crippen molar-refractivity contribution in [3.8, 4) is 11.6 Å². The molecule has 1 unspecified atom stereocenters. The van der Waals surface area contributed by atoms with Gasteiger partial charge in [0, 0.05) is 49.7 Å². The summed E-state index contributed by atoms with van der Waals surface area (Å²) in [6, 6.07) is 11.0. The highest BCUT2D eigenvalue weighted by Crippen LogP contribution is 2.31. The number of anilines is 1. The number of piperidine rings is 1. The average molecular weight is 470 g/mol. The Balaban J connectivity index is 0.00000158. The summed E-state index contributed by atoms with van der Waals surface area (Å²) in [7, 11) is 0. The van der Waals surface area contributed by atoms with Crippen molar-refractivity contribution in [2.24, 2.45) is 5.92 Å². The quantitative estimate of drug-likeness (QED) is 0.378. The number of hydrogen-bond donors (Lipinski definition) is 0. The van der Waals surface area contributed by atoms with E-state index < -0.39 is 0 Å². The molecule has 1 saturated heterocycles. The molecule has 1 aromatic heterocycles. The smallest absolute Gasteiger partial charge is 0.219 e. The predicted octanol–water partition coefficient (Wildman–Crippen LogP) is 6.83. The fraction of sp³-hybridized carbons (Fsp3) is 0.571. The van der Waals surface area contributed by atoms with E-state index in [4.69, 9.17) is 4.74 Å². The zero-order valence-corrected chi connectivity index (χ0v) is 20.8. The van der Waals surface area contributed by atoms with Crippen molar-refractivity contribution in [1.29, 1.82) is 0 Å². The molecule has 6 heteroatoms. The molecular weight excluding hydrogens is 429 g/mol. The summed E-state index contributed by atoms with van der Waals surface area (Å²) in [6.07, 6.45) is 13.2. The Kier molecular flexibility index (Phi) is 10.6. The SMILES string of the molecule is CC.O=CN(CCCC1CCCN(c2ccc(Oc3ccccn3)c(F)c2)C1)C1CCCCC1. The number of carbonyl (C=O) groups excluding carboxylic acids is 1. The van der Waals surface area contributed by atoms with Gasteiger partial charge in [-0.1, -0.05) is 39.2 Å². The summed E-state index contributed by atoms with van der Waals surface area (Å²) >= 11 is 0. The molecule has 1 aliphatic carbocycles. The third kappa shape index (κ3) is 7.44. The summed E-state index contributed by atoms with van der Waals surface area (Å²) in [5.74, 6) is 0.785. The second kappa shape index (κ2) is 13.9. The number of halogens is 1. The molecule has 2 heterocycles. The fourth-order valence-electron chi connectivity index (χ4n) is 5.12. The molecule has 34 heavy (non-hydrogen) atoms. The zero-order valence-electron chi connectivity index (χ0n) is 20.8. The molecule has 186 valence electrons. The first-order valence-corrected chi connectivity index (χ1v) is 13.1. The molecular formula is C28H40FN3O2. The highest BCUT2D eigenvalue weighted by Gasteiger charge is 2.23. The normalized spacial score (nSPS) is 18.6. The Morgan fingerprint density at radius 1 is 1.12 bits per heavy atom. The van der Waals surface area contributed by atoms with E-state index in [0.717, 1.165) is 63.8 Å². The number of nitrogens with zero attached hydrogens (tertiary/aromatic N) is 3. The summed E-state index contributed by atoms with van der Waals surface area (Å²) in [5, 5.41) is 0. The van der Waals surface area contributed by atoms with Crippen molar-refractivity contribution >= 4 is 12.1 Å². The second-order valence-corrected chi connectivity index (χ2v) is 9.12. The van der Waals surface area contributed by atoms with E-state index in [1.54, 1.807) is 30.5 Å². The van der Waals surface area contributed by atoms with E-state index in [0.29, 0.717) is 17.8 Å². The van der Waals surface area contributed by atoms with Crippen LogP contribution in [0, 0.1) is 11.7 Å². The number of carbonyl (C=O) groups is 1. The third-order valence-electron chi connectivity index (χ3n) is 6.86. The Labute approximate surface area is 204 Å². The molecule has 2 aliphatic rings. The van der Waals surface area contributed by atoms with Gasteiger partial charge in [-0.05, 0) is 62.6 Å². The van der Waals surface area contributed by atoms with Gasteiger partial charge in [-0.2, -0.15) is 0 Å². The molecule has 0 bridgehead atoms. The lowest BCUT2D eigenvalue weighted by Crippen LogP contribution is -2.38. The fourth-order valence-corrected chi connectivity index (χ4v) is 5.12. The maximum absolute atomic E-state index is 14.7. The molecule has 1 amide bonds. The maximum atomic E-state index is 14.7. The highest BCUT2D eigenvalue weighted by molar-refractivity contribution is 5.50. The van der Waals surface area contributed by atoms with Crippen LogP contribution < -0.4 is 9.64 Å². The number of pyridine rings is 1. The van der Waals surface area contributed by atoms with Crippen LogP contribution in [-0.2, 0) is 4.79 Å². The topological polar surface area (TPSA) is 45.7 Å². The van der Waals surface area contributed by atoms with E-state index in [1.165, 1.54) is 25.7 Å². The van der Waals surface area contributed by atoms with E-state index in [-0.39, 0.29) is 11.6 Å². The molecule has 1 aromatic carbocycles. The van der Waals surface area contributed by atoms with Gasteiger partial charge in [0.15, 0.2) is 11.6 Å².